The molecule has 0 spiro atoms. The molecule has 3 rings (SSSR count). The number of anilines is 1. The molecule has 20 heavy (non-hydrogen) atoms. The van der Waals surface area contributed by atoms with E-state index in [0.29, 0.717) is 11.9 Å². The number of hydrogen-bond donors (Lipinski definition) is 1. The van der Waals surface area contributed by atoms with Gasteiger partial charge in [-0.3, -0.25) is 9.58 Å². The standard InChI is InChI=1S/C15H22N4O/c1-12-11-20-10-9-18(12)7-4-8-19-14-6-3-2-5-13(14)15(16)17-19/h2-3,5-6,12H,4,7-11H2,1H3,(H2,16,17). The summed E-state index contributed by atoms with van der Waals surface area (Å²) in [7, 11) is 0. The Hall–Kier alpha value is -1.59. The van der Waals surface area contributed by atoms with Gasteiger partial charge in [-0.05, 0) is 25.5 Å². The molecule has 0 amide bonds. The fourth-order valence-electron chi connectivity index (χ4n) is 2.84. The third kappa shape index (κ3) is 2.64. The van der Waals surface area contributed by atoms with Crippen LogP contribution in [-0.4, -0.2) is 47.0 Å². The first-order valence-electron chi connectivity index (χ1n) is 7.28. The van der Waals surface area contributed by atoms with Crippen molar-refractivity contribution in [3.8, 4) is 0 Å². The first kappa shape index (κ1) is 13.4. The summed E-state index contributed by atoms with van der Waals surface area (Å²) < 4.78 is 7.49. The molecule has 0 bridgehead atoms. The van der Waals surface area contributed by atoms with Crippen molar-refractivity contribution in [2.24, 2.45) is 0 Å². The molecule has 5 heteroatoms. The minimum absolute atomic E-state index is 0.517. The van der Waals surface area contributed by atoms with Crippen LogP contribution in [0.25, 0.3) is 10.9 Å². The predicted molar refractivity (Wildman–Crippen MR) is 80.6 cm³/mol. The van der Waals surface area contributed by atoms with Crippen LogP contribution < -0.4 is 5.73 Å². The van der Waals surface area contributed by atoms with E-state index in [9.17, 15) is 0 Å². The molecule has 2 heterocycles. The van der Waals surface area contributed by atoms with E-state index < -0.39 is 0 Å². The maximum atomic E-state index is 5.95. The van der Waals surface area contributed by atoms with Gasteiger partial charge in [-0.2, -0.15) is 5.10 Å². The van der Waals surface area contributed by atoms with Crippen molar-refractivity contribution in [3.63, 3.8) is 0 Å². The molecular formula is C15H22N4O. The molecule has 1 fully saturated rings. The summed E-state index contributed by atoms with van der Waals surface area (Å²) in [6.07, 6.45) is 1.08. The number of para-hydroxylation sites is 1. The number of ether oxygens (including phenoxy) is 1. The lowest BCUT2D eigenvalue weighted by Gasteiger charge is -2.33. The Balaban J connectivity index is 1.62. The molecule has 0 saturated carbocycles. The van der Waals surface area contributed by atoms with Gasteiger partial charge in [0.05, 0.1) is 18.7 Å². The Morgan fingerprint density at radius 3 is 3.05 bits per heavy atom. The maximum absolute atomic E-state index is 5.95. The van der Waals surface area contributed by atoms with Gasteiger partial charge in [0.1, 0.15) is 0 Å². The highest BCUT2D eigenvalue weighted by Gasteiger charge is 2.18. The lowest BCUT2D eigenvalue weighted by molar-refractivity contribution is -0.00116. The number of benzene rings is 1. The van der Waals surface area contributed by atoms with Crippen molar-refractivity contribution in [3.05, 3.63) is 24.3 Å². The number of nitrogens with zero attached hydrogens (tertiary/aromatic N) is 3. The summed E-state index contributed by atoms with van der Waals surface area (Å²) in [5.74, 6) is 0.625. The van der Waals surface area contributed by atoms with E-state index in [0.717, 1.165) is 50.2 Å². The number of rotatable bonds is 4. The van der Waals surface area contributed by atoms with E-state index >= 15 is 0 Å². The molecule has 1 aliphatic rings. The first-order valence-corrected chi connectivity index (χ1v) is 7.28. The minimum atomic E-state index is 0.517. The van der Waals surface area contributed by atoms with E-state index in [2.05, 4.69) is 23.0 Å². The van der Waals surface area contributed by atoms with Crippen molar-refractivity contribution >= 4 is 16.7 Å². The summed E-state index contributed by atoms with van der Waals surface area (Å²) in [4.78, 5) is 2.48. The molecular weight excluding hydrogens is 252 g/mol. The third-order valence-electron chi connectivity index (χ3n) is 4.01. The van der Waals surface area contributed by atoms with E-state index in [1.807, 2.05) is 22.9 Å². The normalized spacial score (nSPS) is 20.6. The molecule has 1 saturated heterocycles. The zero-order chi connectivity index (χ0) is 13.9. The molecule has 1 aromatic heterocycles. The zero-order valence-electron chi connectivity index (χ0n) is 12.0. The van der Waals surface area contributed by atoms with Gasteiger partial charge in [0, 0.05) is 31.1 Å². The highest BCUT2D eigenvalue weighted by Crippen LogP contribution is 2.20. The van der Waals surface area contributed by atoms with Gasteiger partial charge in [0.25, 0.3) is 0 Å². The number of aryl methyl sites for hydroxylation is 1. The van der Waals surface area contributed by atoms with Crippen molar-refractivity contribution in [1.29, 1.82) is 0 Å². The SMILES string of the molecule is CC1COCCN1CCCn1nc(N)c2ccccc21. The van der Waals surface area contributed by atoms with Crippen LogP contribution in [0.2, 0.25) is 0 Å². The van der Waals surface area contributed by atoms with E-state index in [4.69, 9.17) is 10.5 Å². The van der Waals surface area contributed by atoms with Crippen LogP contribution in [-0.2, 0) is 11.3 Å². The molecule has 1 atom stereocenters. The van der Waals surface area contributed by atoms with Crippen molar-refractivity contribution in [2.75, 3.05) is 32.0 Å². The highest BCUT2D eigenvalue weighted by atomic mass is 16.5. The van der Waals surface area contributed by atoms with Gasteiger partial charge in [0.15, 0.2) is 5.82 Å². The second kappa shape index (κ2) is 5.81. The molecule has 1 unspecified atom stereocenters. The average molecular weight is 274 g/mol. The van der Waals surface area contributed by atoms with E-state index in [1.54, 1.807) is 0 Å². The largest absolute Gasteiger partial charge is 0.382 e. The number of nitrogen functional groups attached to an aromatic ring is 1. The molecule has 0 aliphatic carbocycles. The number of morpholine rings is 1. The van der Waals surface area contributed by atoms with Gasteiger partial charge in [-0.1, -0.05) is 12.1 Å². The zero-order valence-corrected chi connectivity index (χ0v) is 12.0. The lowest BCUT2D eigenvalue weighted by atomic mass is 10.2. The number of nitrogens with two attached hydrogens (primary N) is 1. The third-order valence-corrected chi connectivity index (χ3v) is 4.01. The Morgan fingerprint density at radius 2 is 2.20 bits per heavy atom. The molecule has 1 aliphatic heterocycles. The fourth-order valence-corrected chi connectivity index (χ4v) is 2.84. The summed E-state index contributed by atoms with van der Waals surface area (Å²) in [5.41, 5.74) is 7.08. The second-order valence-electron chi connectivity index (χ2n) is 5.44. The number of aromatic nitrogens is 2. The van der Waals surface area contributed by atoms with Gasteiger partial charge in [-0.25, -0.2) is 0 Å². The predicted octanol–water partition coefficient (Wildman–Crippen LogP) is 1.73. The van der Waals surface area contributed by atoms with Crippen LogP contribution in [0, 0.1) is 0 Å². The highest BCUT2D eigenvalue weighted by molar-refractivity contribution is 5.88. The Morgan fingerprint density at radius 1 is 1.35 bits per heavy atom. The molecule has 108 valence electrons. The Kier molecular flexibility index (Phi) is 3.89. The van der Waals surface area contributed by atoms with Crippen LogP contribution in [0.5, 0.6) is 0 Å². The summed E-state index contributed by atoms with van der Waals surface area (Å²) in [6.45, 7) is 6.93. The van der Waals surface area contributed by atoms with Crippen LogP contribution in [0.1, 0.15) is 13.3 Å². The molecule has 0 radical (unpaired) electrons. The van der Waals surface area contributed by atoms with Crippen molar-refractivity contribution in [2.45, 2.75) is 25.9 Å². The Labute approximate surface area is 119 Å². The maximum Gasteiger partial charge on any atom is 0.153 e. The van der Waals surface area contributed by atoms with Gasteiger partial charge in [0.2, 0.25) is 0 Å². The topological polar surface area (TPSA) is 56.3 Å². The number of hydrogen-bond acceptors (Lipinski definition) is 4. The number of fused-ring (bicyclic) bond motifs is 1. The van der Waals surface area contributed by atoms with Crippen LogP contribution >= 0.6 is 0 Å². The quantitative estimate of drug-likeness (QED) is 0.922. The first-order chi connectivity index (χ1) is 9.75. The smallest absolute Gasteiger partial charge is 0.153 e. The fraction of sp³-hybridized carbons (Fsp3) is 0.533. The van der Waals surface area contributed by atoms with Crippen LogP contribution in [0.15, 0.2) is 24.3 Å². The van der Waals surface area contributed by atoms with Gasteiger partial charge < -0.3 is 10.5 Å². The van der Waals surface area contributed by atoms with Gasteiger partial charge in [-0.15, -0.1) is 0 Å². The molecule has 1 aromatic carbocycles. The second-order valence-corrected chi connectivity index (χ2v) is 5.44. The molecule has 2 aromatic rings. The monoisotopic (exact) mass is 274 g/mol. The van der Waals surface area contributed by atoms with Crippen LogP contribution in [0.3, 0.4) is 0 Å². The summed E-state index contributed by atoms with van der Waals surface area (Å²) in [6, 6.07) is 8.65. The van der Waals surface area contributed by atoms with Crippen molar-refractivity contribution < 1.29 is 4.74 Å². The molecule has 2 N–H and O–H groups in total. The minimum Gasteiger partial charge on any atom is -0.382 e. The van der Waals surface area contributed by atoms with Crippen molar-refractivity contribution in [1.82, 2.24) is 14.7 Å². The molecule has 5 nitrogen and oxygen atoms in total. The lowest BCUT2D eigenvalue weighted by Crippen LogP contribution is -2.44. The summed E-state index contributed by atoms with van der Waals surface area (Å²) >= 11 is 0. The van der Waals surface area contributed by atoms with E-state index in [-0.39, 0.29) is 0 Å². The summed E-state index contributed by atoms with van der Waals surface area (Å²) in [5, 5.41) is 5.49. The van der Waals surface area contributed by atoms with Gasteiger partial charge >= 0.3 is 0 Å². The average Bonchev–Trinajstić information content (AvgIpc) is 2.78. The van der Waals surface area contributed by atoms with Crippen LogP contribution in [0.4, 0.5) is 5.82 Å². The van der Waals surface area contributed by atoms with E-state index in [1.165, 1.54) is 0 Å². The Bertz CT molecular complexity index is 580.